The summed E-state index contributed by atoms with van der Waals surface area (Å²) in [6.45, 7) is 6.76. The molecule has 3 aromatic rings. The van der Waals surface area contributed by atoms with E-state index in [1.807, 2.05) is 36.9 Å². The minimum Gasteiger partial charge on any atom is -0.476 e. The van der Waals surface area contributed by atoms with E-state index in [2.05, 4.69) is 36.2 Å². The molecule has 5 heteroatoms. The van der Waals surface area contributed by atoms with Gasteiger partial charge in [0, 0.05) is 23.7 Å². The molecule has 4 rings (SSSR count). The molecule has 0 saturated heterocycles. The number of fused-ring (bicyclic) bond motifs is 1. The van der Waals surface area contributed by atoms with E-state index in [9.17, 15) is 9.18 Å². The molecule has 3 atom stereocenters. The lowest BCUT2D eigenvalue weighted by atomic mass is 9.91. The number of nitrogens with zero attached hydrogens (tertiary/aromatic N) is 2. The van der Waals surface area contributed by atoms with Crippen LogP contribution in [0.4, 0.5) is 4.39 Å². The van der Waals surface area contributed by atoms with E-state index in [0.29, 0.717) is 19.0 Å². The largest absolute Gasteiger partial charge is 0.476 e. The number of benzene rings is 2. The van der Waals surface area contributed by atoms with E-state index in [1.54, 1.807) is 12.1 Å². The zero-order valence-electron chi connectivity index (χ0n) is 19.5. The molecule has 1 amide bonds. The zero-order valence-corrected chi connectivity index (χ0v) is 19.5. The number of hydrogen-bond donors (Lipinski definition) is 0. The lowest BCUT2D eigenvalue weighted by Crippen LogP contribution is -2.45. The highest BCUT2D eigenvalue weighted by Crippen LogP contribution is 2.38. The van der Waals surface area contributed by atoms with Gasteiger partial charge in [0.25, 0.3) is 0 Å². The van der Waals surface area contributed by atoms with Crippen molar-refractivity contribution < 1.29 is 13.9 Å². The molecule has 1 aliphatic rings. The van der Waals surface area contributed by atoms with Crippen LogP contribution in [0.1, 0.15) is 54.5 Å². The molecule has 0 aliphatic heterocycles. The number of carbonyl (C=O) groups is 1. The Hall–Kier alpha value is -3.21. The molecule has 2 aromatic carbocycles. The summed E-state index contributed by atoms with van der Waals surface area (Å²) in [5, 5.41) is 0. The van der Waals surface area contributed by atoms with E-state index in [4.69, 9.17) is 4.74 Å². The number of ether oxygens (including phenoxy) is 1. The molecule has 0 N–H and O–H groups in total. The maximum atomic E-state index is 13.7. The molecule has 33 heavy (non-hydrogen) atoms. The van der Waals surface area contributed by atoms with E-state index in [1.165, 1.54) is 23.3 Å². The van der Waals surface area contributed by atoms with Gasteiger partial charge < -0.3 is 9.64 Å². The van der Waals surface area contributed by atoms with Crippen LogP contribution in [0.15, 0.2) is 66.7 Å². The average Bonchev–Trinajstić information content (AvgIpc) is 3.25. The van der Waals surface area contributed by atoms with Crippen molar-refractivity contribution in [2.45, 2.75) is 51.5 Å². The summed E-state index contributed by atoms with van der Waals surface area (Å²) in [6.07, 6.45) is 2.06. The van der Waals surface area contributed by atoms with Gasteiger partial charge in [-0.05, 0) is 68.5 Å². The molecular formula is C28H31FN2O2. The number of amides is 1. The summed E-state index contributed by atoms with van der Waals surface area (Å²) in [5.41, 5.74) is 4.40. The molecule has 4 nitrogen and oxygen atoms in total. The average molecular weight is 447 g/mol. The fourth-order valence-electron chi connectivity index (χ4n) is 4.81. The lowest BCUT2D eigenvalue weighted by molar-refractivity contribution is -0.135. The van der Waals surface area contributed by atoms with Gasteiger partial charge in [0.05, 0.1) is 12.5 Å². The Kier molecular flexibility index (Phi) is 7.07. The van der Waals surface area contributed by atoms with Gasteiger partial charge in [0.15, 0.2) is 0 Å². The van der Waals surface area contributed by atoms with Gasteiger partial charge in [-0.25, -0.2) is 9.37 Å². The molecule has 0 fully saturated rings. The molecule has 0 radical (unpaired) electrons. The number of aryl methyl sites for hydroxylation is 2. The van der Waals surface area contributed by atoms with Gasteiger partial charge in [-0.15, -0.1) is 0 Å². The Bertz CT molecular complexity index is 1100. The van der Waals surface area contributed by atoms with E-state index in [0.717, 1.165) is 24.1 Å². The molecule has 1 aliphatic carbocycles. The van der Waals surface area contributed by atoms with Crippen molar-refractivity contribution in [3.8, 4) is 5.88 Å². The normalized spacial score (nSPS) is 16.7. The third kappa shape index (κ3) is 5.24. The standard InChI is InChI=1S/C28H31FN2O2/c1-19-7-6-10-27(30-19)33-18-17-31(28(32)20(2)22-11-14-24(29)15-12-22)21(3)25-16-13-23-8-4-5-9-26(23)25/h4-12,14-15,20-21,25H,13,16-18H2,1-3H3. The maximum absolute atomic E-state index is 13.7. The monoisotopic (exact) mass is 446 g/mol. The Balaban J connectivity index is 1.54. The van der Waals surface area contributed by atoms with Crippen LogP contribution in [-0.4, -0.2) is 35.0 Å². The maximum Gasteiger partial charge on any atom is 0.230 e. The Morgan fingerprint density at radius 2 is 1.85 bits per heavy atom. The summed E-state index contributed by atoms with van der Waals surface area (Å²) in [6, 6.07) is 20.4. The van der Waals surface area contributed by atoms with Crippen LogP contribution in [0.2, 0.25) is 0 Å². The SMILES string of the molecule is Cc1cccc(OCCN(C(=O)C(C)c2ccc(F)cc2)C(C)C2CCc3ccccc32)n1. The van der Waals surface area contributed by atoms with Crippen LogP contribution >= 0.6 is 0 Å². The van der Waals surface area contributed by atoms with Gasteiger partial charge in [0.1, 0.15) is 12.4 Å². The van der Waals surface area contributed by atoms with Crippen molar-refractivity contribution >= 4 is 5.91 Å². The summed E-state index contributed by atoms with van der Waals surface area (Å²) >= 11 is 0. The molecule has 3 unspecified atom stereocenters. The van der Waals surface area contributed by atoms with E-state index >= 15 is 0 Å². The predicted octanol–water partition coefficient (Wildman–Crippen LogP) is 5.66. The summed E-state index contributed by atoms with van der Waals surface area (Å²) < 4.78 is 19.3. The minimum absolute atomic E-state index is 0.0121. The van der Waals surface area contributed by atoms with E-state index in [-0.39, 0.29) is 29.6 Å². The van der Waals surface area contributed by atoms with Crippen molar-refractivity contribution in [2.24, 2.45) is 0 Å². The van der Waals surface area contributed by atoms with Crippen molar-refractivity contribution in [2.75, 3.05) is 13.2 Å². The number of carbonyl (C=O) groups excluding carboxylic acids is 1. The van der Waals surface area contributed by atoms with Crippen LogP contribution in [0.25, 0.3) is 0 Å². The Labute approximate surface area is 195 Å². The highest BCUT2D eigenvalue weighted by Gasteiger charge is 2.34. The van der Waals surface area contributed by atoms with Crippen molar-refractivity contribution in [3.05, 3.63) is 94.9 Å². The Morgan fingerprint density at radius 3 is 2.61 bits per heavy atom. The summed E-state index contributed by atoms with van der Waals surface area (Å²) in [7, 11) is 0. The highest BCUT2D eigenvalue weighted by molar-refractivity contribution is 5.83. The highest BCUT2D eigenvalue weighted by atomic mass is 19.1. The molecular weight excluding hydrogens is 415 g/mol. The van der Waals surface area contributed by atoms with E-state index < -0.39 is 0 Å². The smallest absolute Gasteiger partial charge is 0.230 e. The fourth-order valence-corrected chi connectivity index (χ4v) is 4.81. The molecule has 172 valence electrons. The first kappa shape index (κ1) is 23.0. The van der Waals surface area contributed by atoms with Crippen LogP contribution in [0.3, 0.4) is 0 Å². The number of halogens is 1. The van der Waals surface area contributed by atoms with Crippen LogP contribution in [-0.2, 0) is 11.2 Å². The lowest BCUT2D eigenvalue weighted by Gasteiger charge is -2.35. The van der Waals surface area contributed by atoms with Gasteiger partial charge in [-0.2, -0.15) is 0 Å². The quantitative estimate of drug-likeness (QED) is 0.448. The van der Waals surface area contributed by atoms with Crippen molar-refractivity contribution in [1.82, 2.24) is 9.88 Å². The van der Waals surface area contributed by atoms with Crippen molar-refractivity contribution in [3.63, 3.8) is 0 Å². The van der Waals surface area contributed by atoms with Gasteiger partial charge >= 0.3 is 0 Å². The fraction of sp³-hybridized carbons (Fsp3) is 0.357. The zero-order chi connectivity index (χ0) is 23.4. The predicted molar refractivity (Wildman–Crippen MR) is 128 cm³/mol. The molecule has 1 heterocycles. The number of hydrogen-bond acceptors (Lipinski definition) is 3. The second-order valence-electron chi connectivity index (χ2n) is 8.86. The van der Waals surface area contributed by atoms with Gasteiger partial charge in [-0.1, -0.05) is 42.5 Å². The summed E-state index contributed by atoms with van der Waals surface area (Å²) in [4.78, 5) is 20.0. The van der Waals surface area contributed by atoms with Gasteiger partial charge in [-0.3, -0.25) is 4.79 Å². The second-order valence-corrected chi connectivity index (χ2v) is 8.86. The second kappa shape index (κ2) is 10.2. The third-order valence-corrected chi connectivity index (χ3v) is 6.72. The van der Waals surface area contributed by atoms with Gasteiger partial charge in [0.2, 0.25) is 11.8 Å². The number of pyridine rings is 1. The molecule has 0 bridgehead atoms. The first-order valence-electron chi connectivity index (χ1n) is 11.6. The van der Waals surface area contributed by atoms with Crippen LogP contribution in [0.5, 0.6) is 5.88 Å². The first-order chi connectivity index (χ1) is 15.9. The third-order valence-electron chi connectivity index (χ3n) is 6.72. The summed E-state index contributed by atoms with van der Waals surface area (Å²) in [5.74, 6) is 0.196. The van der Waals surface area contributed by atoms with Crippen LogP contribution < -0.4 is 4.74 Å². The Morgan fingerprint density at radius 1 is 1.09 bits per heavy atom. The first-order valence-corrected chi connectivity index (χ1v) is 11.6. The number of aromatic nitrogens is 1. The minimum atomic E-state index is -0.373. The molecule has 1 aromatic heterocycles. The topological polar surface area (TPSA) is 42.4 Å². The van der Waals surface area contributed by atoms with Crippen molar-refractivity contribution in [1.29, 1.82) is 0 Å². The van der Waals surface area contributed by atoms with Crippen LogP contribution in [0, 0.1) is 12.7 Å². The number of rotatable bonds is 8. The molecule has 0 spiro atoms. The molecule has 0 saturated carbocycles.